The van der Waals surface area contributed by atoms with Crippen LogP contribution in [0.1, 0.15) is 15.9 Å². The average molecular weight is 243 g/mol. The lowest BCUT2D eigenvalue weighted by Gasteiger charge is -2.16. The summed E-state index contributed by atoms with van der Waals surface area (Å²) in [6, 6.07) is 6.75. The van der Waals surface area contributed by atoms with E-state index >= 15 is 0 Å². The Morgan fingerprint density at radius 3 is 2.44 bits per heavy atom. The third-order valence-corrected chi connectivity index (χ3v) is 2.51. The molecule has 2 aromatic rings. The Bertz CT molecular complexity index is 526. The second kappa shape index (κ2) is 5.27. The molecule has 92 valence electrons. The van der Waals surface area contributed by atoms with Crippen LogP contribution in [0.3, 0.4) is 0 Å². The molecule has 2 rings (SSSR count). The zero-order chi connectivity index (χ0) is 13.0. The Labute approximate surface area is 105 Å². The van der Waals surface area contributed by atoms with Gasteiger partial charge in [-0.2, -0.15) is 0 Å². The summed E-state index contributed by atoms with van der Waals surface area (Å²) in [5.41, 5.74) is 1.40. The van der Waals surface area contributed by atoms with Gasteiger partial charge in [-0.15, -0.1) is 0 Å². The molecule has 0 aliphatic heterocycles. The van der Waals surface area contributed by atoms with Gasteiger partial charge < -0.3 is 10.0 Å². The summed E-state index contributed by atoms with van der Waals surface area (Å²) >= 11 is 0. The van der Waals surface area contributed by atoms with E-state index in [4.69, 9.17) is 0 Å². The maximum absolute atomic E-state index is 12.0. The molecule has 1 aromatic carbocycles. The minimum Gasteiger partial charge on any atom is -0.508 e. The van der Waals surface area contributed by atoms with Gasteiger partial charge in [-0.25, -0.2) is 9.97 Å². The molecule has 5 heteroatoms. The molecule has 0 saturated carbocycles. The second-order valence-electron chi connectivity index (χ2n) is 3.95. The lowest BCUT2D eigenvalue weighted by atomic mass is 10.2. The van der Waals surface area contributed by atoms with E-state index < -0.39 is 0 Å². The third-order valence-electron chi connectivity index (χ3n) is 2.51. The van der Waals surface area contributed by atoms with Crippen LogP contribution in [-0.2, 0) is 6.54 Å². The molecule has 0 fully saturated rings. The van der Waals surface area contributed by atoms with Crippen LogP contribution in [0, 0.1) is 0 Å². The van der Waals surface area contributed by atoms with Crippen LogP contribution in [0.4, 0.5) is 0 Å². The molecular formula is C13H13N3O2. The van der Waals surface area contributed by atoms with Gasteiger partial charge in [0.15, 0.2) is 0 Å². The van der Waals surface area contributed by atoms with E-state index in [-0.39, 0.29) is 11.7 Å². The number of nitrogens with zero attached hydrogens (tertiary/aromatic N) is 3. The molecule has 0 aliphatic rings. The molecule has 1 aromatic heterocycles. The molecule has 1 heterocycles. The minimum atomic E-state index is -0.135. The first-order valence-corrected chi connectivity index (χ1v) is 5.45. The highest BCUT2D eigenvalue weighted by atomic mass is 16.3. The van der Waals surface area contributed by atoms with E-state index in [9.17, 15) is 9.90 Å². The van der Waals surface area contributed by atoms with Crippen molar-refractivity contribution in [2.45, 2.75) is 6.54 Å². The summed E-state index contributed by atoms with van der Waals surface area (Å²) in [4.78, 5) is 21.2. The van der Waals surface area contributed by atoms with E-state index in [2.05, 4.69) is 9.97 Å². The van der Waals surface area contributed by atoms with Crippen LogP contribution in [0.5, 0.6) is 5.75 Å². The number of rotatable bonds is 3. The number of aromatic nitrogens is 2. The van der Waals surface area contributed by atoms with Crippen LogP contribution < -0.4 is 0 Å². The number of phenolic OH excluding ortho intramolecular Hbond substituents is 1. The smallest absolute Gasteiger partial charge is 0.257 e. The topological polar surface area (TPSA) is 66.3 Å². The van der Waals surface area contributed by atoms with Gasteiger partial charge in [-0.1, -0.05) is 12.1 Å². The van der Waals surface area contributed by atoms with Crippen LogP contribution >= 0.6 is 0 Å². The SMILES string of the molecule is CN(Cc1ccc(O)cc1)C(=O)c1cncnc1. The van der Waals surface area contributed by atoms with Crippen LogP contribution in [0.2, 0.25) is 0 Å². The number of amides is 1. The lowest BCUT2D eigenvalue weighted by molar-refractivity contribution is 0.0784. The Kier molecular flexibility index (Phi) is 3.52. The number of carbonyl (C=O) groups excluding carboxylic acids is 1. The summed E-state index contributed by atoms with van der Waals surface area (Å²) in [6.45, 7) is 0.466. The normalized spacial score (nSPS) is 10.1. The average Bonchev–Trinajstić information content (AvgIpc) is 2.41. The maximum Gasteiger partial charge on any atom is 0.257 e. The van der Waals surface area contributed by atoms with Crippen LogP contribution in [0.15, 0.2) is 43.0 Å². The summed E-state index contributed by atoms with van der Waals surface area (Å²) in [6.07, 6.45) is 4.36. The molecular weight excluding hydrogens is 230 g/mol. The molecule has 0 atom stereocenters. The molecule has 18 heavy (non-hydrogen) atoms. The molecule has 5 nitrogen and oxygen atoms in total. The van der Waals surface area contributed by atoms with Crippen molar-refractivity contribution >= 4 is 5.91 Å². The van der Waals surface area contributed by atoms with Crippen molar-refractivity contribution in [3.8, 4) is 5.75 Å². The van der Waals surface area contributed by atoms with Gasteiger partial charge in [-0.05, 0) is 17.7 Å². The summed E-state index contributed by atoms with van der Waals surface area (Å²) in [7, 11) is 1.71. The number of phenols is 1. The highest BCUT2D eigenvalue weighted by Crippen LogP contribution is 2.12. The van der Waals surface area contributed by atoms with E-state index in [0.717, 1.165) is 5.56 Å². The fourth-order valence-corrected chi connectivity index (χ4v) is 1.58. The van der Waals surface area contributed by atoms with Gasteiger partial charge in [0.1, 0.15) is 12.1 Å². The van der Waals surface area contributed by atoms with Gasteiger partial charge >= 0.3 is 0 Å². The number of aromatic hydroxyl groups is 1. The van der Waals surface area contributed by atoms with E-state index in [1.165, 1.54) is 18.7 Å². The summed E-state index contributed by atoms with van der Waals surface area (Å²) < 4.78 is 0. The van der Waals surface area contributed by atoms with E-state index in [1.807, 2.05) is 0 Å². The van der Waals surface area contributed by atoms with E-state index in [0.29, 0.717) is 12.1 Å². The number of benzene rings is 1. The molecule has 0 radical (unpaired) electrons. The first-order valence-electron chi connectivity index (χ1n) is 5.45. The molecule has 0 saturated heterocycles. The fourth-order valence-electron chi connectivity index (χ4n) is 1.58. The highest BCUT2D eigenvalue weighted by molar-refractivity contribution is 5.93. The summed E-state index contributed by atoms with van der Waals surface area (Å²) in [5.74, 6) is 0.0767. The van der Waals surface area contributed by atoms with Crippen molar-refractivity contribution in [2.24, 2.45) is 0 Å². The minimum absolute atomic E-state index is 0.135. The quantitative estimate of drug-likeness (QED) is 0.886. The Hall–Kier alpha value is -2.43. The Morgan fingerprint density at radius 2 is 1.83 bits per heavy atom. The highest BCUT2D eigenvalue weighted by Gasteiger charge is 2.12. The van der Waals surface area contributed by atoms with Crippen molar-refractivity contribution in [3.63, 3.8) is 0 Å². The van der Waals surface area contributed by atoms with Gasteiger partial charge in [0.05, 0.1) is 5.56 Å². The predicted octanol–water partition coefficient (Wildman–Crippen LogP) is 1.45. The Balaban J connectivity index is 2.06. The fraction of sp³-hybridized carbons (Fsp3) is 0.154. The van der Waals surface area contributed by atoms with Crippen molar-refractivity contribution in [2.75, 3.05) is 7.05 Å². The van der Waals surface area contributed by atoms with Crippen LogP contribution in [0.25, 0.3) is 0 Å². The summed E-state index contributed by atoms with van der Waals surface area (Å²) in [5, 5.41) is 9.18. The Morgan fingerprint density at radius 1 is 1.22 bits per heavy atom. The number of carbonyl (C=O) groups is 1. The number of hydrogen-bond acceptors (Lipinski definition) is 4. The van der Waals surface area contributed by atoms with Crippen LogP contribution in [-0.4, -0.2) is 32.9 Å². The molecule has 1 N–H and O–H groups in total. The van der Waals surface area contributed by atoms with Gasteiger partial charge in [0.25, 0.3) is 5.91 Å². The van der Waals surface area contributed by atoms with Gasteiger partial charge in [0.2, 0.25) is 0 Å². The molecule has 0 aliphatic carbocycles. The first-order chi connectivity index (χ1) is 8.66. The standard InChI is InChI=1S/C13H13N3O2/c1-16(8-10-2-4-12(17)5-3-10)13(18)11-6-14-9-15-7-11/h2-7,9,17H,8H2,1H3. The first kappa shape index (κ1) is 12.0. The number of hydrogen-bond donors (Lipinski definition) is 1. The molecule has 0 bridgehead atoms. The molecule has 0 unspecified atom stereocenters. The lowest BCUT2D eigenvalue weighted by Crippen LogP contribution is -2.26. The van der Waals surface area contributed by atoms with Gasteiger partial charge in [-0.3, -0.25) is 4.79 Å². The zero-order valence-corrected chi connectivity index (χ0v) is 9.95. The van der Waals surface area contributed by atoms with Crippen molar-refractivity contribution in [1.82, 2.24) is 14.9 Å². The maximum atomic E-state index is 12.0. The van der Waals surface area contributed by atoms with E-state index in [1.54, 1.807) is 36.2 Å². The second-order valence-corrected chi connectivity index (χ2v) is 3.95. The van der Waals surface area contributed by atoms with Crippen molar-refractivity contribution in [3.05, 3.63) is 54.1 Å². The monoisotopic (exact) mass is 243 g/mol. The van der Waals surface area contributed by atoms with Crippen molar-refractivity contribution < 1.29 is 9.90 Å². The van der Waals surface area contributed by atoms with Gasteiger partial charge in [0, 0.05) is 26.0 Å². The third kappa shape index (κ3) is 2.82. The zero-order valence-electron chi connectivity index (χ0n) is 9.95. The predicted molar refractivity (Wildman–Crippen MR) is 65.9 cm³/mol. The molecule has 1 amide bonds. The largest absolute Gasteiger partial charge is 0.508 e. The molecule has 0 spiro atoms. The van der Waals surface area contributed by atoms with Crippen molar-refractivity contribution in [1.29, 1.82) is 0 Å².